The number of aromatic nitrogens is 2. The zero-order valence-electron chi connectivity index (χ0n) is 20.2. The predicted octanol–water partition coefficient (Wildman–Crippen LogP) is 2.68. The van der Waals surface area contributed by atoms with Crippen LogP contribution < -0.4 is 26.8 Å². The van der Waals surface area contributed by atoms with Crippen LogP contribution in [0.25, 0.3) is 0 Å². The Labute approximate surface area is 203 Å². The molecule has 184 valence electrons. The molecule has 9 nitrogen and oxygen atoms in total. The second kappa shape index (κ2) is 10.9. The summed E-state index contributed by atoms with van der Waals surface area (Å²) in [6.45, 7) is 6.65. The highest BCUT2D eigenvalue weighted by Crippen LogP contribution is 2.30. The lowest BCUT2D eigenvalue weighted by molar-refractivity contribution is -0.124. The molecule has 3 N–H and O–H groups in total. The number of carbonyl (C=O) groups excluding carboxylic acids is 2. The van der Waals surface area contributed by atoms with Crippen LogP contribution in [-0.2, 0) is 16.1 Å². The van der Waals surface area contributed by atoms with E-state index in [4.69, 9.17) is 5.73 Å². The summed E-state index contributed by atoms with van der Waals surface area (Å²) in [6.07, 6.45) is 3.45. The standard InChI is InChI=1S/C24H33N5O4S/c1-5-6-10-27(20-21(25)29(13-15(2)3)24(33)26-22(20)31)23(32)16-11-19(30)28(14-16)17-8-7-9-18(12-17)34-4/h7-9,12,15-16H,5-6,10-11,13-14,25H2,1-4H3,(H,26,31,33)/t16-/m0/s1. The van der Waals surface area contributed by atoms with Crippen LogP contribution in [0.15, 0.2) is 38.8 Å². The lowest BCUT2D eigenvalue weighted by Crippen LogP contribution is -2.44. The Bertz CT molecular complexity index is 1170. The zero-order chi connectivity index (χ0) is 25.0. The van der Waals surface area contributed by atoms with Gasteiger partial charge in [0.05, 0.1) is 5.92 Å². The summed E-state index contributed by atoms with van der Waals surface area (Å²) in [5, 5.41) is 0. The van der Waals surface area contributed by atoms with E-state index in [0.29, 0.717) is 13.0 Å². The van der Waals surface area contributed by atoms with Crippen molar-refractivity contribution in [2.75, 3.05) is 34.9 Å². The van der Waals surface area contributed by atoms with Gasteiger partial charge in [-0.05, 0) is 36.8 Å². The van der Waals surface area contributed by atoms with Crippen molar-refractivity contribution < 1.29 is 9.59 Å². The van der Waals surface area contributed by atoms with Crippen molar-refractivity contribution in [3.63, 3.8) is 0 Å². The Morgan fingerprint density at radius 2 is 2.03 bits per heavy atom. The quantitative estimate of drug-likeness (QED) is 0.525. The minimum atomic E-state index is -0.694. The average Bonchev–Trinajstić information content (AvgIpc) is 3.19. The van der Waals surface area contributed by atoms with Crippen LogP contribution in [-0.4, -0.2) is 40.7 Å². The van der Waals surface area contributed by atoms with Gasteiger partial charge in [-0.2, -0.15) is 0 Å². The van der Waals surface area contributed by atoms with E-state index in [9.17, 15) is 19.2 Å². The molecule has 2 amide bonds. The molecule has 3 rings (SSSR count). The topological polar surface area (TPSA) is 121 Å². The van der Waals surface area contributed by atoms with E-state index in [2.05, 4.69) is 4.98 Å². The van der Waals surface area contributed by atoms with Gasteiger partial charge in [-0.15, -0.1) is 11.8 Å². The predicted molar refractivity (Wildman–Crippen MR) is 137 cm³/mol. The highest BCUT2D eigenvalue weighted by atomic mass is 32.2. The van der Waals surface area contributed by atoms with Gasteiger partial charge in [-0.25, -0.2) is 4.79 Å². The molecule has 1 aliphatic rings. The number of nitrogens with two attached hydrogens (primary N) is 1. The number of benzene rings is 1. The van der Waals surface area contributed by atoms with Crippen LogP contribution in [0.3, 0.4) is 0 Å². The van der Waals surface area contributed by atoms with Gasteiger partial charge in [-0.1, -0.05) is 33.3 Å². The number of amides is 2. The van der Waals surface area contributed by atoms with E-state index in [0.717, 1.165) is 17.0 Å². The number of aromatic amines is 1. The molecule has 0 spiro atoms. The van der Waals surface area contributed by atoms with Crippen LogP contribution in [0.1, 0.15) is 40.0 Å². The summed E-state index contributed by atoms with van der Waals surface area (Å²) in [6, 6.07) is 7.62. The van der Waals surface area contributed by atoms with Gasteiger partial charge in [0.25, 0.3) is 5.56 Å². The van der Waals surface area contributed by atoms with Gasteiger partial charge >= 0.3 is 5.69 Å². The molecule has 0 radical (unpaired) electrons. The van der Waals surface area contributed by atoms with Crippen LogP contribution in [0.5, 0.6) is 0 Å². The SMILES string of the molecule is CCCCN(C(=O)[C@H]1CC(=O)N(c2cccc(SC)c2)C1)c1c(N)n(CC(C)C)c(=O)[nH]c1=O. The number of anilines is 3. The highest BCUT2D eigenvalue weighted by Gasteiger charge is 2.39. The third-order valence-corrected chi connectivity index (χ3v) is 6.60. The number of H-pyrrole nitrogens is 1. The molecule has 34 heavy (non-hydrogen) atoms. The Balaban J connectivity index is 1.96. The lowest BCUT2D eigenvalue weighted by atomic mass is 10.1. The van der Waals surface area contributed by atoms with E-state index >= 15 is 0 Å². The Kier molecular flexibility index (Phi) is 8.24. The number of nitrogens with zero attached hydrogens (tertiary/aromatic N) is 3. The van der Waals surface area contributed by atoms with E-state index in [-0.39, 0.29) is 48.7 Å². The number of thioether (sulfide) groups is 1. The number of hydrogen-bond donors (Lipinski definition) is 2. The average molecular weight is 488 g/mol. The Hall–Kier alpha value is -3.01. The fourth-order valence-electron chi connectivity index (χ4n) is 4.15. The summed E-state index contributed by atoms with van der Waals surface area (Å²) in [4.78, 5) is 58.0. The molecule has 0 unspecified atom stereocenters. The highest BCUT2D eigenvalue weighted by molar-refractivity contribution is 7.98. The molecule has 1 aromatic carbocycles. The smallest absolute Gasteiger partial charge is 0.330 e. The van der Waals surface area contributed by atoms with Crippen LogP contribution in [0.4, 0.5) is 17.2 Å². The van der Waals surface area contributed by atoms with Crippen molar-refractivity contribution in [2.24, 2.45) is 11.8 Å². The maximum atomic E-state index is 13.7. The molecule has 2 heterocycles. The summed E-state index contributed by atoms with van der Waals surface area (Å²) in [5.41, 5.74) is 5.72. The normalized spacial score (nSPS) is 15.9. The van der Waals surface area contributed by atoms with Gasteiger partial charge < -0.3 is 15.5 Å². The minimum absolute atomic E-state index is 0.0195. The first-order valence-corrected chi connectivity index (χ1v) is 12.8. The van der Waals surface area contributed by atoms with Crippen molar-refractivity contribution in [3.05, 3.63) is 45.1 Å². The molecular formula is C24H33N5O4S. The molecule has 1 aliphatic heterocycles. The number of nitrogen functional groups attached to an aromatic ring is 1. The van der Waals surface area contributed by atoms with Crippen LogP contribution in [0, 0.1) is 11.8 Å². The number of carbonyl (C=O) groups is 2. The molecular weight excluding hydrogens is 454 g/mol. The van der Waals surface area contributed by atoms with E-state index < -0.39 is 17.2 Å². The molecule has 1 aromatic heterocycles. The summed E-state index contributed by atoms with van der Waals surface area (Å²) in [5.74, 6) is -1.01. The molecule has 10 heteroatoms. The van der Waals surface area contributed by atoms with Crippen molar-refractivity contribution in [1.29, 1.82) is 0 Å². The van der Waals surface area contributed by atoms with Crippen LogP contribution in [0.2, 0.25) is 0 Å². The number of rotatable bonds is 9. The molecule has 1 fully saturated rings. The molecule has 1 saturated heterocycles. The van der Waals surface area contributed by atoms with Crippen molar-refractivity contribution in [3.8, 4) is 0 Å². The number of nitrogens with one attached hydrogen (secondary N) is 1. The molecule has 0 saturated carbocycles. The largest absolute Gasteiger partial charge is 0.383 e. The van der Waals surface area contributed by atoms with Crippen LogP contribution >= 0.6 is 11.8 Å². The van der Waals surface area contributed by atoms with Gasteiger partial charge in [0.15, 0.2) is 5.69 Å². The van der Waals surface area contributed by atoms with E-state index in [1.807, 2.05) is 51.3 Å². The summed E-state index contributed by atoms with van der Waals surface area (Å²) >= 11 is 1.58. The lowest BCUT2D eigenvalue weighted by Gasteiger charge is -2.27. The summed E-state index contributed by atoms with van der Waals surface area (Å²) in [7, 11) is 0. The molecule has 0 bridgehead atoms. The summed E-state index contributed by atoms with van der Waals surface area (Å²) < 4.78 is 1.30. The Morgan fingerprint density at radius 3 is 2.68 bits per heavy atom. The molecule has 2 aromatic rings. The first kappa shape index (κ1) is 25.6. The first-order valence-electron chi connectivity index (χ1n) is 11.6. The van der Waals surface area contributed by atoms with Gasteiger partial charge in [-0.3, -0.25) is 23.9 Å². The second-order valence-electron chi connectivity index (χ2n) is 8.95. The van der Waals surface area contributed by atoms with Gasteiger partial charge in [0.1, 0.15) is 5.82 Å². The van der Waals surface area contributed by atoms with Gasteiger partial charge in [0, 0.05) is 36.6 Å². The zero-order valence-corrected chi connectivity index (χ0v) is 21.0. The third kappa shape index (κ3) is 5.38. The monoisotopic (exact) mass is 487 g/mol. The van der Waals surface area contributed by atoms with Gasteiger partial charge in [0.2, 0.25) is 11.8 Å². The fourth-order valence-corrected chi connectivity index (χ4v) is 4.61. The van der Waals surface area contributed by atoms with E-state index in [1.54, 1.807) is 16.7 Å². The first-order chi connectivity index (χ1) is 16.2. The van der Waals surface area contributed by atoms with E-state index in [1.165, 1.54) is 9.47 Å². The molecule has 1 atom stereocenters. The third-order valence-electron chi connectivity index (χ3n) is 5.87. The Morgan fingerprint density at radius 1 is 1.29 bits per heavy atom. The maximum absolute atomic E-state index is 13.7. The van der Waals surface area contributed by atoms with Crippen molar-refractivity contribution >= 4 is 40.8 Å². The second-order valence-corrected chi connectivity index (χ2v) is 9.83. The minimum Gasteiger partial charge on any atom is -0.383 e. The number of hydrogen-bond acceptors (Lipinski definition) is 6. The van der Waals surface area contributed by atoms with Crippen molar-refractivity contribution in [1.82, 2.24) is 9.55 Å². The van der Waals surface area contributed by atoms with Crippen molar-refractivity contribution in [2.45, 2.75) is 51.5 Å². The number of unbranched alkanes of at least 4 members (excludes halogenated alkanes) is 1. The fraction of sp³-hybridized carbons (Fsp3) is 0.500. The maximum Gasteiger partial charge on any atom is 0.330 e. The molecule has 0 aliphatic carbocycles.